The molecule has 0 atom stereocenters. The first-order chi connectivity index (χ1) is 12.4. The lowest BCUT2D eigenvalue weighted by Gasteiger charge is -2.04. The highest BCUT2D eigenvalue weighted by atomic mass is 16.6. The second kappa shape index (κ2) is 6.89. The Kier molecular flexibility index (Phi) is 4.48. The quantitative estimate of drug-likeness (QED) is 0.398. The standard InChI is InChI=1S/C16H11N3O7/c20-11-5-6-12(13(21)7-11)16(22)25-8-14-17-18-15(26-14)9-1-3-10(4-2-9)19(23)24/h1-7,20-21H,8H2. The van der Waals surface area contributed by atoms with Crippen LogP contribution in [0.3, 0.4) is 0 Å². The molecule has 0 bridgehead atoms. The average Bonchev–Trinajstić information content (AvgIpc) is 3.09. The zero-order valence-electron chi connectivity index (χ0n) is 13.0. The second-order valence-corrected chi connectivity index (χ2v) is 5.08. The van der Waals surface area contributed by atoms with Crippen molar-refractivity contribution in [2.75, 3.05) is 0 Å². The lowest BCUT2D eigenvalue weighted by atomic mass is 10.2. The number of carbonyl (C=O) groups is 1. The van der Waals surface area contributed by atoms with E-state index in [1.54, 1.807) is 0 Å². The number of hydrogen-bond donors (Lipinski definition) is 2. The third-order valence-corrected chi connectivity index (χ3v) is 3.32. The van der Waals surface area contributed by atoms with Gasteiger partial charge in [0.2, 0.25) is 5.89 Å². The van der Waals surface area contributed by atoms with Crippen LogP contribution in [0.15, 0.2) is 46.9 Å². The molecule has 0 aliphatic carbocycles. The van der Waals surface area contributed by atoms with Gasteiger partial charge in [0, 0.05) is 23.8 Å². The molecule has 0 saturated heterocycles. The van der Waals surface area contributed by atoms with Crippen molar-refractivity contribution in [3.63, 3.8) is 0 Å². The minimum absolute atomic E-state index is 0.00460. The van der Waals surface area contributed by atoms with E-state index in [0.717, 1.165) is 6.07 Å². The molecule has 0 radical (unpaired) electrons. The van der Waals surface area contributed by atoms with Gasteiger partial charge in [-0.2, -0.15) is 0 Å². The SMILES string of the molecule is O=C(OCc1nnc(-c2ccc([N+](=O)[O-])cc2)o1)c1ccc(O)cc1O. The Balaban J connectivity index is 1.66. The van der Waals surface area contributed by atoms with E-state index in [4.69, 9.17) is 9.15 Å². The summed E-state index contributed by atoms with van der Waals surface area (Å²) in [5.74, 6) is -1.34. The van der Waals surface area contributed by atoms with Gasteiger partial charge in [-0.15, -0.1) is 10.2 Å². The molecule has 0 spiro atoms. The van der Waals surface area contributed by atoms with E-state index in [1.807, 2.05) is 0 Å². The normalized spacial score (nSPS) is 10.5. The summed E-state index contributed by atoms with van der Waals surface area (Å²) in [5, 5.41) is 37.0. The molecule has 2 N–H and O–H groups in total. The third kappa shape index (κ3) is 3.59. The predicted molar refractivity (Wildman–Crippen MR) is 85.3 cm³/mol. The Bertz CT molecular complexity index is 966. The van der Waals surface area contributed by atoms with Crippen molar-refractivity contribution >= 4 is 11.7 Å². The molecule has 3 aromatic rings. The van der Waals surface area contributed by atoms with Crippen molar-refractivity contribution in [3.8, 4) is 23.0 Å². The fourth-order valence-corrected chi connectivity index (χ4v) is 2.05. The first-order valence-electron chi connectivity index (χ1n) is 7.20. The maximum atomic E-state index is 11.9. The van der Waals surface area contributed by atoms with E-state index in [2.05, 4.69) is 10.2 Å². The molecule has 0 aliphatic heterocycles. The minimum atomic E-state index is -0.836. The van der Waals surface area contributed by atoms with Crippen LogP contribution in [-0.4, -0.2) is 31.3 Å². The molecule has 2 aromatic carbocycles. The molecule has 10 nitrogen and oxygen atoms in total. The number of phenolic OH excluding ortho intramolecular Hbond substituents is 2. The number of aromatic nitrogens is 2. The van der Waals surface area contributed by atoms with Crippen molar-refractivity contribution in [1.82, 2.24) is 10.2 Å². The van der Waals surface area contributed by atoms with Crippen molar-refractivity contribution < 1.29 is 29.1 Å². The number of aromatic hydroxyl groups is 2. The van der Waals surface area contributed by atoms with Gasteiger partial charge in [0.1, 0.15) is 17.1 Å². The highest BCUT2D eigenvalue weighted by Gasteiger charge is 2.16. The van der Waals surface area contributed by atoms with Gasteiger partial charge in [0.15, 0.2) is 6.61 Å². The zero-order chi connectivity index (χ0) is 18.7. The summed E-state index contributed by atoms with van der Waals surface area (Å²) in [4.78, 5) is 22.0. The Hall–Kier alpha value is -3.95. The first kappa shape index (κ1) is 16.9. The number of ether oxygens (including phenoxy) is 1. The number of rotatable bonds is 5. The Labute approximate surface area is 145 Å². The number of benzene rings is 2. The summed E-state index contributed by atoms with van der Waals surface area (Å²) < 4.78 is 10.3. The molecule has 0 aliphatic rings. The number of phenols is 2. The lowest BCUT2D eigenvalue weighted by Crippen LogP contribution is -2.05. The van der Waals surface area contributed by atoms with Gasteiger partial charge in [-0.1, -0.05) is 0 Å². The fourth-order valence-electron chi connectivity index (χ4n) is 2.05. The second-order valence-electron chi connectivity index (χ2n) is 5.08. The Morgan fingerprint density at radius 1 is 1.15 bits per heavy atom. The Morgan fingerprint density at radius 3 is 2.54 bits per heavy atom. The monoisotopic (exact) mass is 357 g/mol. The molecule has 0 unspecified atom stereocenters. The number of nitrogens with zero attached hydrogens (tertiary/aromatic N) is 3. The van der Waals surface area contributed by atoms with Gasteiger partial charge < -0.3 is 19.4 Å². The number of non-ortho nitro benzene ring substituents is 1. The van der Waals surface area contributed by atoms with Crippen molar-refractivity contribution in [2.45, 2.75) is 6.61 Å². The number of carbonyl (C=O) groups excluding carboxylic acids is 1. The molecule has 1 heterocycles. The van der Waals surface area contributed by atoms with Crippen LogP contribution in [-0.2, 0) is 11.3 Å². The minimum Gasteiger partial charge on any atom is -0.508 e. The van der Waals surface area contributed by atoms with Gasteiger partial charge >= 0.3 is 5.97 Å². The van der Waals surface area contributed by atoms with Crippen LogP contribution in [0.4, 0.5) is 5.69 Å². The molecular weight excluding hydrogens is 346 g/mol. The third-order valence-electron chi connectivity index (χ3n) is 3.32. The lowest BCUT2D eigenvalue weighted by molar-refractivity contribution is -0.384. The van der Waals surface area contributed by atoms with E-state index in [1.165, 1.54) is 36.4 Å². The van der Waals surface area contributed by atoms with Crippen LogP contribution >= 0.6 is 0 Å². The molecule has 10 heteroatoms. The highest BCUT2D eigenvalue weighted by Crippen LogP contribution is 2.24. The molecule has 0 fully saturated rings. The fraction of sp³-hybridized carbons (Fsp3) is 0.0625. The van der Waals surface area contributed by atoms with Crippen LogP contribution in [0.5, 0.6) is 11.5 Å². The number of nitro benzene ring substituents is 1. The van der Waals surface area contributed by atoms with E-state index in [9.17, 15) is 25.1 Å². The summed E-state index contributed by atoms with van der Waals surface area (Å²) >= 11 is 0. The van der Waals surface area contributed by atoms with Gasteiger partial charge in [-0.25, -0.2) is 4.79 Å². The smallest absolute Gasteiger partial charge is 0.342 e. The van der Waals surface area contributed by atoms with Crippen LogP contribution < -0.4 is 0 Å². The summed E-state index contributed by atoms with van der Waals surface area (Å²) in [6.45, 7) is -0.334. The van der Waals surface area contributed by atoms with Crippen molar-refractivity contribution in [1.29, 1.82) is 0 Å². The zero-order valence-corrected chi connectivity index (χ0v) is 13.0. The molecule has 132 valence electrons. The van der Waals surface area contributed by atoms with E-state index >= 15 is 0 Å². The average molecular weight is 357 g/mol. The molecule has 1 aromatic heterocycles. The maximum absolute atomic E-state index is 11.9. The number of hydrogen-bond acceptors (Lipinski definition) is 9. The largest absolute Gasteiger partial charge is 0.508 e. The summed E-state index contributed by atoms with van der Waals surface area (Å²) in [6, 6.07) is 8.96. The summed E-state index contributed by atoms with van der Waals surface area (Å²) in [7, 11) is 0. The van der Waals surface area contributed by atoms with Gasteiger partial charge in [0.25, 0.3) is 11.6 Å². The van der Waals surface area contributed by atoms with E-state index < -0.39 is 16.6 Å². The summed E-state index contributed by atoms with van der Waals surface area (Å²) in [5.41, 5.74) is 0.269. The molecular formula is C16H11N3O7. The van der Waals surface area contributed by atoms with Crippen LogP contribution in [0, 0.1) is 10.1 Å². The number of esters is 1. The number of nitro groups is 1. The van der Waals surface area contributed by atoms with Crippen LogP contribution in [0.2, 0.25) is 0 Å². The van der Waals surface area contributed by atoms with E-state index in [-0.39, 0.29) is 35.4 Å². The Morgan fingerprint density at radius 2 is 1.88 bits per heavy atom. The van der Waals surface area contributed by atoms with E-state index in [0.29, 0.717) is 5.56 Å². The predicted octanol–water partition coefficient (Wildman–Crippen LogP) is 2.41. The van der Waals surface area contributed by atoms with Gasteiger partial charge in [-0.05, 0) is 24.3 Å². The highest BCUT2D eigenvalue weighted by molar-refractivity contribution is 5.92. The summed E-state index contributed by atoms with van der Waals surface area (Å²) in [6.07, 6.45) is 0. The molecule has 0 amide bonds. The topological polar surface area (TPSA) is 149 Å². The van der Waals surface area contributed by atoms with Gasteiger partial charge in [-0.3, -0.25) is 10.1 Å². The molecule has 26 heavy (non-hydrogen) atoms. The maximum Gasteiger partial charge on any atom is 0.342 e. The van der Waals surface area contributed by atoms with Crippen molar-refractivity contribution in [3.05, 3.63) is 64.0 Å². The van der Waals surface area contributed by atoms with Gasteiger partial charge in [0.05, 0.1) is 4.92 Å². The van der Waals surface area contributed by atoms with Crippen molar-refractivity contribution in [2.24, 2.45) is 0 Å². The molecule has 0 saturated carbocycles. The molecule has 3 rings (SSSR count). The van der Waals surface area contributed by atoms with Crippen LogP contribution in [0.1, 0.15) is 16.2 Å². The first-order valence-corrected chi connectivity index (χ1v) is 7.20. The van der Waals surface area contributed by atoms with Crippen LogP contribution in [0.25, 0.3) is 11.5 Å².